The number of alkyl halides is 1. The maximum atomic E-state index is 6.55. The van der Waals surface area contributed by atoms with Gasteiger partial charge in [0.25, 0.3) is 0 Å². The standard InChI is InChI=1S/C17H21ClO2S/c1-3-9-19-14-8-7-13(12-15(14)20-10-4-2)17(18)16-6-5-11-21-16/h5-8,11-12,17H,3-4,9-10H2,1-2H3. The molecule has 2 aromatic rings. The van der Waals surface area contributed by atoms with Crippen LogP contribution in [0.3, 0.4) is 0 Å². The largest absolute Gasteiger partial charge is 0.490 e. The molecule has 1 atom stereocenters. The van der Waals surface area contributed by atoms with Gasteiger partial charge in [-0.05, 0) is 42.0 Å². The summed E-state index contributed by atoms with van der Waals surface area (Å²) in [7, 11) is 0. The van der Waals surface area contributed by atoms with Crippen molar-refractivity contribution in [1.82, 2.24) is 0 Å². The second-order valence-electron chi connectivity index (χ2n) is 4.78. The molecule has 0 fully saturated rings. The molecule has 1 aromatic heterocycles. The van der Waals surface area contributed by atoms with Crippen LogP contribution in [0.15, 0.2) is 35.7 Å². The summed E-state index contributed by atoms with van der Waals surface area (Å²) in [5.74, 6) is 1.58. The Morgan fingerprint density at radius 3 is 2.38 bits per heavy atom. The molecule has 1 unspecified atom stereocenters. The molecule has 2 rings (SSSR count). The zero-order chi connectivity index (χ0) is 15.1. The topological polar surface area (TPSA) is 18.5 Å². The molecule has 0 N–H and O–H groups in total. The number of benzene rings is 1. The summed E-state index contributed by atoms with van der Waals surface area (Å²) in [5, 5.41) is 1.90. The minimum absolute atomic E-state index is 0.144. The SMILES string of the molecule is CCCOc1ccc(C(Cl)c2cccs2)cc1OCCC. The molecule has 0 saturated carbocycles. The van der Waals surface area contributed by atoms with Crippen LogP contribution in [0.4, 0.5) is 0 Å². The van der Waals surface area contributed by atoms with E-state index in [2.05, 4.69) is 19.9 Å². The van der Waals surface area contributed by atoms with E-state index >= 15 is 0 Å². The molecule has 0 bridgehead atoms. The third kappa shape index (κ3) is 4.39. The van der Waals surface area contributed by atoms with Gasteiger partial charge in [0.2, 0.25) is 0 Å². The van der Waals surface area contributed by atoms with Crippen LogP contribution < -0.4 is 9.47 Å². The Labute approximate surface area is 135 Å². The Balaban J connectivity index is 2.22. The van der Waals surface area contributed by atoms with Crippen LogP contribution >= 0.6 is 22.9 Å². The number of halogens is 1. The average Bonchev–Trinajstić information content (AvgIpc) is 3.04. The van der Waals surface area contributed by atoms with Gasteiger partial charge < -0.3 is 9.47 Å². The van der Waals surface area contributed by atoms with Crippen LogP contribution in [-0.2, 0) is 0 Å². The van der Waals surface area contributed by atoms with Gasteiger partial charge in [-0.3, -0.25) is 0 Å². The van der Waals surface area contributed by atoms with Gasteiger partial charge in [-0.15, -0.1) is 22.9 Å². The lowest BCUT2D eigenvalue weighted by Crippen LogP contribution is -2.02. The van der Waals surface area contributed by atoms with Gasteiger partial charge in [0, 0.05) is 4.88 Å². The van der Waals surface area contributed by atoms with Gasteiger partial charge in [0.15, 0.2) is 11.5 Å². The van der Waals surface area contributed by atoms with Crippen molar-refractivity contribution in [2.24, 2.45) is 0 Å². The zero-order valence-corrected chi connectivity index (χ0v) is 14.0. The summed E-state index contributed by atoms with van der Waals surface area (Å²) >= 11 is 8.21. The molecule has 21 heavy (non-hydrogen) atoms. The first-order chi connectivity index (χ1) is 10.3. The van der Waals surface area contributed by atoms with Crippen molar-refractivity contribution in [2.45, 2.75) is 32.1 Å². The molecule has 1 heterocycles. The molecule has 2 nitrogen and oxygen atoms in total. The van der Waals surface area contributed by atoms with Crippen molar-refractivity contribution in [3.05, 3.63) is 46.2 Å². The fraction of sp³-hybridized carbons (Fsp3) is 0.412. The molecule has 0 radical (unpaired) electrons. The first-order valence-corrected chi connectivity index (χ1v) is 8.64. The van der Waals surface area contributed by atoms with E-state index < -0.39 is 0 Å². The highest BCUT2D eigenvalue weighted by molar-refractivity contribution is 7.10. The van der Waals surface area contributed by atoms with Crippen LogP contribution in [0, 0.1) is 0 Å². The predicted octanol–water partition coefficient (Wildman–Crippen LogP) is 5.65. The normalized spacial score (nSPS) is 12.1. The first-order valence-electron chi connectivity index (χ1n) is 7.33. The molecular formula is C17H21ClO2S. The molecule has 0 spiro atoms. The minimum Gasteiger partial charge on any atom is -0.490 e. The summed E-state index contributed by atoms with van der Waals surface area (Å²) in [4.78, 5) is 1.14. The van der Waals surface area contributed by atoms with E-state index in [1.165, 1.54) is 0 Å². The zero-order valence-electron chi connectivity index (χ0n) is 12.5. The Kier molecular flexibility index (Phi) is 6.40. The van der Waals surface area contributed by atoms with Gasteiger partial charge in [-0.2, -0.15) is 0 Å². The summed E-state index contributed by atoms with van der Waals surface area (Å²) < 4.78 is 11.6. The predicted molar refractivity (Wildman–Crippen MR) is 90.0 cm³/mol. The molecule has 0 aliphatic heterocycles. The molecule has 1 aromatic carbocycles. The van der Waals surface area contributed by atoms with Gasteiger partial charge in [0.05, 0.1) is 18.6 Å². The maximum Gasteiger partial charge on any atom is 0.161 e. The highest BCUT2D eigenvalue weighted by Gasteiger charge is 2.15. The lowest BCUT2D eigenvalue weighted by atomic mass is 10.1. The Morgan fingerprint density at radius 1 is 1.05 bits per heavy atom. The van der Waals surface area contributed by atoms with Crippen molar-refractivity contribution < 1.29 is 9.47 Å². The number of rotatable bonds is 8. The molecule has 0 saturated heterocycles. The summed E-state index contributed by atoms with van der Waals surface area (Å²) in [6, 6.07) is 10.0. The van der Waals surface area contributed by atoms with E-state index in [9.17, 15) is 0 Å². The van der Waals surface area contributed by atoms with Crippen molar-refractivity contribution >= 4 is 22.9 Å². The second kappa shape index (κ2) is 8.30. The molecule has 4 heteroatoms. The Hall–Kier alpha value is -1.19. The fourth-order valence-corrected chi connectivity index (χ4v) is 3.03. The lowest BCUT2D eigenvalue weighted by molar-refractivity contribution is 0.268. The van der Waals surface area contributed by atoms with Crippen molar-refractivity contribution in [1.29, 1.82) is 0 Å². The van der Waals surface area contributed by atoms with Crippen LogP contribution in [-0.4, -0.2) is 13.2 Å². The first kappa shape index (κ1) is 16.2. The third-order valence-electron chi connectivity index (χ3n) is 2.98. The van der Waals surface area contributed by atoms with Crippen LogP contribution in [0.5, 0.6) is 11.5 Å². The van der Waals surface area contributed by atoms with E-state index in [4.69, 9.17) is 21.1 Å². The molecule has 0 amide bonds. The monoisotopic (exact) mass is 324 g/mol. The summed E-state index contributed by atoms with van der Waals surface area (Å²) in [5.41, 5.74) is 1.04. The second-order valence-corrected chi connectivity index (χ2v) is 6.20. The van der Waals surface area contributed by atoms with Gasteiger partial charge in [-0.1, -0.05) is 26.0 Å². The number of hydrogen-bond acceptors (Lipinski definition) is 3. The van der Waals surface area contributed by atoms with Crippen molar-refractivity contribution in [2.75, 3.05) is 13.2 Å². The smallest absolute Gasteiger partial charge is 0.161 e. The molecule has 0 aliphatic rings. The third-order valence-corrected chi connectivity index (χ3v) is 4.53. The van der Waals surface area contributed by atoms with E-state index in [1.807, 2.05) is 29.6 Å². The quantitative estimate of drug-likeness (QED) is 0.584. The molecule has 0 aliphatic carbocycles. The highest BCUT2D eigenvalue weighted by Crippen LogP contribution is 2.37. The van der Waals surface area contributed by atoms with Gasteiger partial charge in [0.1, 0.15) is 0 Å². The number of thiophene rings is 1. The lowest BCUT2D eigenvalue weighted by Gasteiger charge is -2.15. The average molecular weight is 325 g/mol. The summed E-state index contributed by atoms with van der Waals surface area (Å²) in [6.07, 6.45) is 1.94. The van der Waals surface area contributed by atoms with Gasteiger partial charge >= 0.3 is 0 Å². The fourth-order valence-electron chi connectivity index (χ4n) is 1.94. The highest BCUT2D eigenvalue weighted by atomic mass is 35.5. The van der Waals surface area contributed by atoms with E-state index in [1.54, 1.807) is 11.3 Å². The Bertz CT molecular complexity index is 540. The van der Waals surface area contributed by atoms with Gasteiger partial charge in [-0.25, -0.2) is 0 Å². The number of hydrogen-bond donors (Lipinski definition) is 0. The summed E-state index contributed by atoms with van der Waals surface area (Å²) in [6.45, 7) is 5.55. The Morgan fingerprint density at radius 2 is 1.76 bits per heavy atom. The maximum absolute atomic E-state index is 6.55. The van der Waals surface area contributed by atoms with E-state index in [0.29, 0.717) is 13.2 Å². The van der Waals surface area contributed by atoms with E-state index in [0.717, 1.165) is 34.8 Å². The van der Waals surface area contributed by atoms with E-state index in [-0.39, 0.29) is 5.38 Å². The molecular weight excluding hydrogens is 304 g/mol. The van der Waals surface area contributed by atoms with Crippen LogP contribution in [0.25, 0.3) is 0 Å². The van der Waals surface area contributed by atoms with Crippen molar-refractivity contribution in [3.63, 3.8) is 0 Å². The van der Waals surface area contributed by atoms with Crippen LogP contribution in [0.1, 0.15) is 42.5 Å². The minimum atomic E-state index is -0.144. The van der Waals surface area contributed by atoms with Crippen LogP contribution in [0.2, 0.25) is 0 Å². The molecule has 114 valence electrons. The number of ether oxygens (including phenoxy) is 2. The van der Waals surface area contributed by atoms with Crippen molar-refractivity contribution in [3.8, 4) is 11.5 Å².